The van der Waals surface area contributed by atoms with Crippen molar-refractivity contribution in [3.8, 4) is 0 Å². The maximum atomic E-state index is 5.54. The van der Waals surface area contributed by atoms with Crippen LogP contribution in [-0.2, 0) is 12.8 Å². The molecule has 0 saturated carbocycles. The molecule has 10 heteroatoms. The Balaban J connectivity index is 0.00000261. The van der Waals surface area contributed by atoms with Gasteiger partial charge in [0.2, 0.25) is 5.13 Å². The van der Waals surface area contributed by atoms with Crippen LogP contribution in [0.1, 0.15) is 25.4 Å². The van der Waals surface area contributed by atoms with Gasteiger partial charge >= 0.3 is 0 Å². The molecule has 0 spiro atoms. The summed E-state index contributed by atoms with van der Waals surface area (Å²) in [5.74, 6) is 2.86. The second-order valence-corrected chi connectivity index (χ2v) is 7.52. The van der Waals surface area contributed by atoms with E-state index >= 15 is 0 Å². The first-order valence-corrected chi connectivity index (χ1v) is 10.6. The van der Waals surface area contributed by atoms with E-state index in [0.29, 0.717) is 6.54 Å². The maximum Gasteiger partial charge on any atom is 0.205 e. The minimum absolute atomic E-state index is 0. The molecule has 27 heavy (non-hydrogen) atoms. The molecule has 7 nitrogen and oxygen atoms in total. The molecule has 3 rings (SSSR count). The lowest BCUT2D eigenvalue weighted by Crippen LogP contribution is -2.52. The number of anilines is 1. The zero-order valence-corrected chi connectivity index (χ0v) is 20.4. The molecule has 0 bridgehead atoms. The van der Waals surface area contributed by atoms with Crippen LogP contribution in [0.25, 0.3) is 0 Å². The standard InChI is InChI=1S/C17H25BrN6OS.HI/c1-3-15-21-17(26-22-15)24-11-9-23(10-12-24)16(19-4-2)20-8-7-13-5-6-14(18)25-13;/h5-6H,3-4,7-12H2,1-2H3,(H,19,20);1H. The quantitative estimate of drug-likeness (QED) is 0.327. The lowest BCUT2D eigenvalue weighted by Gasteiger charge is -2.36. The number of aryl methyl sites for hydroxylation is 1. The van der Waals surface area contributed by atoms with Gasteiger partial charge in [-0.1, -0.05) is 6.92 Å². The Morgan fingerprint density at radius 2 is 2.07 bits per heavy atom. The number of aromatic nitrogens is 2. The number of rotatable bonds is 6. The summed E-state index contributed by atoms with van der Waals surface area (Å²) in [4.78, 5) is 14.0. The van der Waals surface area contributed by atoms with Gasteiger partial charge in [0, 0.05) is 63.6 Å². The third kappa shape index (κ3) is 6.31. The fourth-order valence-electron chi connectivity index (χ4n) is 2.81. The molecule has 0 atom stereocenters. The summed E-state index contributed by atoms with van der Waals surface area (Å²) < 4.78 is 10.7. The normalized spacial score (nSPS) is 15.0. The summed E-state index contributed by atoms with van der Waals surface area (Å²) in [6.45, 7) is 9.49. The number of piperazine rings is 1. The van der Waals surface area contributed by atoms with Crippen molar-refractivity contribution in [1.82, 2.24) is 19.6 Å². The largest absolute Gasteiger partial charge is 0.454 e. The SMILES string of the molecule is CCNC(=NCCc1ccc(Br)o1)N1CCN(c2nc(CC)ns2)CC1.I. The van der Waals surface area contributed by atoms with E-state index in [9.17, 15) is 0 Å². The molecule has 0 amide bonds. The van der Waals surface area contributed by atoms with Gasteiger partial charge in [0.15, 0.2) is 10.6 Å². The van der Waals surface area contributed by atoms with Crippen molar-refractivity contribution in [2.24, 2.45) is 4.99 Å². The monoisotopic (exact) mass is 568 g/mol. The molecular formula is C17H26BrIN6OS. The van der Waals surface area contributed by atoms with Crippen LogP contribution < -0.4 is 10.2 Å². The molecule has 3 heterocycles. The average molecular weight is 569 g/mol. The summed E-state index contributed by atoms with van der Waals surface area (Å²) in [6, 6.07) is 3.90. The van der Waals surface area contributed by atoms with Gasteiger partial charge in [-0.05, 0) is 35.0 Å². The average Bonchev–Trinajstić information content (AvgIpc) is 3.30. The van der Waals surface area contributed by atoms with Gasteiger partial charge in [0.1, 0.15) is 11.6 Å². The third-order valence-electron chi connectivity index (χ3n) is 4.21. The highest BCUT2D eigenvalue weighted by Crippen LogP contribution is 2.19. The highest BCUT2D eigenvalue weighted by atomic mass is 127. The molecule has 2 aromatic rings. The van der Waals surface area contributed by atoms with Crippen LogP contribution in [0.15, 0.2) is 26.2 Å². The van der Waals surface area contributed by atoms with Crippen LogP contribution >= 0.6 is 51.4 Å². The van der Waals surface area contributed by atoms with E-state index in [0.717, 1.165) is 72.9 Å². The second kappa shape index (κ2) is 11.2. The summed E-state index contributed by atoms with van der Waals surface area (Å²) >= 11 is 4.84. The van der Waals surface area contributed by atoms with E-state index in [-0.39, 0.29) is 24.0 Å². The van der Waals surface area contributed by atoms with Gasteiger partial charge in [-0.3, -0.25) is 4.99 Å². The molecule has 1 aliphatic rings. The van der Waals surface area contributed by atoms with Crippen molar-refractivity contribution in [2.75, 3.05) is 44.2 Å². The summed E-state index contributed by atoms with van der Waals surface area (Å²) in [5.41, 5.74) is 0. The molecule has 0 aliphatic carbocycles. The molecule has 0 radical (unpaired) electrons. The highest BCUT2D eigenvalue weighted by molar-refractivity contribution is 14.0. The van der Waals surface area contributed by atoms with E-state index in [1.165, 1.54) is 11.5 Å². The van der Waals surface area contributed by atoms with Gasteiger partial charge in [-0.15, -0.1) is 24.0 Å². The first-order chi connectivity index (χ1) is 12.7. The maximum absolute atomic E-state index is 5.54. The molecular weight excluding hydrogens is 543 g/mol. The van der Waals surface area contributed by atoms with E-state index < -0.39 is 0 Å². The van der Waals surface area contributed by atoms with Crippen LogP contribution in [0.4, 0.5) is 5.13 Å². The minimum Gasteiger partial charge on any atom is -0.454 e. The number of furan rings is 1. The smallest absolute Gasteiger partial charge is 0.205 e. The number of aliphatic imine (C=N–C) groups is 1. The molecule has 0 aromatic carbocycles. The number of nitrogens with zero attached hydrogens (tertiary/aromatic N) is 5. The summed E-state index contributed by atoms with van der Waals surface area (Å²) in [7, 11) is 0. The second-order valence-electron chi connectivity index (χ2n) is 6.01. The molecule has 1 N–H and O–H groups in total. The number of hydrogen-bond acceptors (Lipinski definition) is 6. The summed E-state index contributed by atoms with van der Waals surface area (Å²) in [6.07, 6.45) is 1.69. The fraction of sp³-hybridized carbons (Fsp3) is 0.588. The van der Waals surface area contributed by atoms with Crippen molar-refractivity contribution in [3.63, 3.8) is 0 Å². The minimum atomic E-state index is 0. The molecule has 1 saturated heterocycles. The zero-order valence-electron chi connectivity index (χ0n) is 15.7. The number of halogens is 2. The van der Waals surface area contributed by atoms with Crippen molar-refractivity contribution >= 4 is 62.5 Å². The van der Waals surface area contributed by atoms with Crippen LogP contribution in [0.5, 0.6) is 0 Å². The molecule has 2 aromatic heterocycles. The fourth-order valence-corrected chi connectivity index (χ4v) is 3.95. The van der Waals surface area contributed by atoms with Gasteiger partial charge < -0.3 is 19.5 Å². The number of nitrogens with one attached hydrogen (secondary N) is 1. The zero-order chi connectivity index (χ0) is 18.4. The Morgan fingerprint density at radius 1 is 1.30 bits per heavy atom. The van der Waals surface area contributed by atoms with Crippen LogP contribution in [0.3, 0.4) is 0 Å². The first kappa shape index (κ1) is 22.4. The Bertz CT molecular complexity index is 729. The van der Waals surface area contributed by atoms with Gasteiger partial charge in [-0.2, -0.15) is 4.37 Å². The predicted octanol–water partition coefficient (Wildman–Crippen LogP) is 3.40. The van der Waals surface area contributed by atoms with E-state index in [1.807, 2.05) is 12.1 Å². The number of hydrogen-bond donors (Lipinski definition) is 1. The van der Waals surface area contributed by atoms with Crippen LogP contribution in [0, 0.1) is 0 Å². The van der Waals surface area contributed by atoms with Gasteiger partial charge in [0.05, 0.1) is 0 Å². The topological polar surface area (TPSA) is 69.8 Å². The first-order valence-electron chi connectivity index (χ1n) is 9.04. The van der Waals surface area contributed by atoms with Crippen molar-refractivity contribution in [2.45, 2.75) is 26.7 Å². The Labute approximate surface area is 189 Å². The van der Waals surface area contributed by atoms with Gasteiger partial charge in [-0.25, -0.2) is 4.98 Å². The van der Waals surface area contributed by atoms with Crippen molar-refractivity contribution in [1.29, 1.82) is 0 Å². The lowest BCUT2D eigenvalue weighted by molar-refractivity contribution is 0.372. The molecule has 1 aliphatic heterocycles. The Morgan fingerprint density at radius 3 is 2.67 bits per heavy atom. The molecule has 150 valence electrons. The highest BCUT2D eigenvalue weighted by Gasteiger charge is 2.22. The van der Waals surface area contributed by atoms with Crippen molar-refractivity contribution in [3.05, 3.63) is 28.4 Å². The predicted molar refractivity (Wildman–Crippen MR) is 125 cm³/mol. The Hall–Kier alpha value is -0.880. The number of guanidine groups is 1. The van der Waals surface area contributed by atoms with Crippen LogP contribution in [-0.4, -0.2) is 59.5 Å². The van der Waals surface area contributed by atoms with Crippen LogP contribution in [0.2, 0.25) is 0 Å². The van der Waals surface area contributed by atoms with Gasteiger partial charge in [0.25, 0.3) is 0 Å². The van der Waals surface area contributed by atoms with E-state index in [4.69, 9.17) is 9.41 Å². The third-order valence-corrected chi connectivity index (χ3v) is 5.45. The van der Waals surface area contributed by atoms with Crippen molar-refractivity contribution < 1.29 is 4.42 Å². The molecule has 1 fully saturated rings. The van der Waals surface area contributed by atoms with E-state index in [1.54, 1.807) is 0 Å². The Kier molecular flexibility index (Phi) is 9.30. The lowest BCUT2D eigenvalue weighted by atomic mass is 10.3. The van der Waals surface area contributed by atoms with E-state index in [2.05, 4.69) is 54.3 Å². The summed E-state index contributed by atoms with van der Waals surface area (Å²) in [5, 5.41) is 4.44. The molecule has 0 unspecified atom stereocenters.